The van der Waals surface area contributed by atoms with E-state index in [1.54, 1.807) is 10.9 Å². The standard InChI is InChI=1S/C20H24N2O3S/c1-4-7-10-22-13-21-18-15(12-26-19(18)20(22)23)14-8-9-16(24-5-2)17(11-14)25-6-3/h8-9,11-13H,4-7,10H2,1-3H3. The Morgan fingerprint density at radius 2 is 1.88 bits per heavy atom. The van der Waals surface area contributed by atoms with Gasteiger partial charge in [0.25, 0.3) is 5.56 Å². The summed E-state index contributed by atoms with van der Waals surface area (Å²) in [6.07, 6.45) is 3.68. The topological polar surface area (TPSA) is 53.4 Å². The number of aryl methyl sites for hydroxylation is 1. The highest BCUT2D eigenvalue weighted by molar-refractivity contribution is 7.17. The Morgan fingerprint density at radius 3 is 2.62 bits per heavy atom. The zero-order valence-corrected chi connectivity index (χ0v) is 16.3. The minimum atomic E-state index is 0.0377. The fraction of sp³-hybridized carbons (Fsp3) is 0.400. The largest absolute Gasteiger partial charge is 0.490 e. The maximum atomic E-state index is 12.7. The molecule has 0 aliphatic heterocycles. The van der Waals surface area contributed by atoms with Crippen molar-refractivity contribution in [3.05, 3.63) is 40.3 Å². The van der Waals surface area contributed by atoms with Crippen molar-refractivity contribution < 1.29 is 9.47 Å². The third-order valence-corrected chi connectivity index (χ3v) is 5.11. The summed E-state index contributed by atoms with van der Waals surface area (Å²) in [5.41, 5.74) is 2.71. The molecule has 2 heterocycles. The van der Waals surface area contributed by atoms with Crippen LogP contribution in [0.3, 0.4) is 0 Å². The van der Waals surface area contributed by atoms with Crippen molar-refractivity contribution in [3.63, 3.8) is 0 Å². The number of ether oxygens (including phenoxy) is 2. The quantitative estimate of drug-likeness (QED) is 0.574. The van der Waals surface area contributed by atoms with Crippen LogP contribution >= 0.6 is 11.3 Å². The second-order valence-corrected chi connectivity index (χ2v) is 6.83. The van der Waals surface area contributed by atoms with Crippen molar-refractivity contribution in [1.29, 1.82) is 0 Å². The number of fused-ring (bicyclic) bond motifs is 1. The maximum Gasteiger partial charge on any atom is 0.271 e. The lowest BCUT2D eigenvalue weighted by atomic mass is 10.1. The monoisotopic (exact) mass is 372 g/mol. The van der Waals surface area contributed by atoms with E-state index in [1.807, 2.05) is 37.4 Å². The van der Waals surface area contributed by atoms with Crippen molar-refractivity contribution in [3.8, 4) is 22.6 Å². The fourth-order valence-electron chi connectivity index (χ4n) is 2.85. The molecular weight excluding hydrogens is 348 g/mol. The molecule has 0 aliphatic carbocycles. The predicted octanol–water partition coefficient (Wildman–Crippen LogP) is 4.72. The summed E-state index contributed by atoms with van der Waals surface area (Å²) >= 11 is 1.45. The molecule has 2 aromatic heterocycles. The van der Waals surface area contributed by atoms with Crippen molar-refractivity contribution in [2.24, 2.45) is 0 Å². The molecule has 138 valence electrons. The number of benzene rings is 1. The van der Waals surface area contributed by atoms with Gasteiger partial charge in [-0.25, -0.2) is 4.98 Å². The number of aromatic nitrogens is 2. The Labute approximate surface area is 157 Å². The van der Waals surface area contributed by atoms with Gasteiger partial charge < -0.3 is 9.47 Å². The highest BCUT2D eigenvalue weighted by atomic mass is 32.1. The SMILES string of the molecule is CCCCn1cnc2c(-c3ccc(OCC)c(OCC)c3)csc2c1=O. The number of unbranched alkanes of at least 4 members (excludes halogenated alkanes) is 1. The van der Waals surface area contributed by atoms with E-state index in [0.29, 0.717) is 30.2 Å². The average Bonchev–Trinajstić information content (AvgIpc) is 3.08. The van der Waals surface area contributed by atoms with Gasteiger partial charge in [0.1, 0.15) is 4.70 Å². The fourth-order valence-corrected chi connectivity index (χ4v) is 3.83. The third-order valence-electron chi connectivity index (χ3n) is 4.15. The number of rotatable bonds is 8. The van der Waals surface area contributed by atoms with Crippen molar-refractivity contribution >= 4 is 21.6 Å². The summed E-state index contributed by atoms with van der Waals surface area (Å²) < 4.78 is 13.8. The first-order valence-corrected chi connectivity index (χ1v) is 9.94. The molecule has 26 heavy (non-hydrogen) atoms. The van der Waals surface area contributed by atoms with Crippen LogP contribution in [0.15, 0.2) is 34.7 Å². The van der Waals surface area contributed by atoms with Gasteiger partial charge in [0.15, 0.2) is 11.5 Å². The predicted molar refractivity (Wildman–Crippen MR) is 107 cm³/mol. The van der Waals surface area contributed by atoms with Crippen LogP contribution in [0.25, 0.3) is 21.3 Å². The van der Waals surface area contributed by atoms with Gasteiger partial charge in [-0.3, -0.25) is 9.36 Å². The van der Waals surface area contributed by atoms with Crippen LogP contribution in [-0.4, -0.2) is 22.8 Å². The van der Waals surface area contributed by atoms with Gasteiger partial charge in [-0.05, 0) is 38.0 Å². The first-order chi connectivity index (χ1) is 12.7. The molecular formula is C20H24N2O3S. The van der Waals surface area contributed by atoms with Crippen LogP contribution in [-0.2, 0) is 6.54 Å². The molecule has 0 bridgehead atoms. The molecule has 0 saturated carbocycles. The second-order valence-electron chi connectivity index (χ2n) is 5.95. The van der Waals surface area contributed by atoms with Gasteiger partial charge in [0.05, 0.1) is 25.1 Å². The number of thiophene rings is 1. The Kier molecular flexibility index (Phi) is 5.93. The molecule has 0 radical (unpaired) electrons. The Bertz CT molecular complexity index is 946. The first kappa shape index (κ1) is 18.5. The smallest absolute Gasteiger partial charge is 0.271 e. The zero-order chi connectivity index (χ0) is 18.5. The number of hydrogen-bond acceptors (Lipinski definition) is 5. The van der Waals surface area contributed by atoms with E-state index < -0.39 is 0 Å². The molecule has 0 N–H and O–H groups in total. The van der Waals surface area contributed by atoms with E-state index in [4.69, 9.17) is 9.47 Å². The summed E-state index contributed by atoms with van der Waals surface area (Å²) in [6.45, 7) is 7.87. The van der Waals surface area contributed by atoms with E-state index in [2.05, 4.69) is 11.9 Å². The van der Waals surface area contributed by atoms with Crippen molar-refractivity contribution in [2.45, 2.75) is 40.2 Å². The Hall–Kier alpha value is -2.34. The minimum Gasteiger partial charge on any atom is -0.490 e. The van der Waals surface area contributed by atoms with E-state index in [-0.39, 0.29) is 5.56 Å². The van der Waals surface area contributed by atoms with Crippen LogP contribution < -0.4 is 15.0 Å². The molecule has 0 atom stereocenters. The molecule has 0 fully saturated rings. The first-order valence-electron chi connectivity index (χ1n) is 9.06. The van der Waals surface area contributed by atoms with Gasteiger partial charge in [-0.1, -0.05) is 19.4 Å². The van der Waals surface area contributed by atoms with E-state index in [0.717, 1.165) is 35.2 Å². The molecule has 0 spiro atoms. The summed E-state index contributed by atoms with van der Waals surface area (Å²) in [6, 6.07) is 5.86. The highest BCUT2D eigenvalue weighted by Gasteiger charge is 2.14. The molecule has 6 heteroatoms. The summed E-state index contributed by atoms with van der Waals surface area (Å²) in [7, 11) is 0. The van der Waals surface area contributed by atoms with Gasteiger partial charge in [0.2, 0.25) is 0 Å². The average molecular weight is 372 g/mol. The lowest BCUT2D eigenvalue weighted by molar-refractivity contribution is 0.288. The summed E-state index contributed by atoms with van der Waals surface area (Å²) in [5.74, 6) is 1.44. The second kappa shape index (κ2) is 8.36. The Balaban J connectivity index is 2.04. The van der Waals surface area contributed by atoms with Crippen LogP contribution in [0.1, 0.15) is 33.6 Å². The van der Waals surface area contributed by atoms with Gasteiger partial charge in [-0.15, -0.1) is 11.3 Å². The van der Waals surface area contributed by atoms with Gasteiger partial charge in [-0.2, -0.15) is 0 Å². The van der Waals surface area contributed by atoms with Gasteiger partial charge >= 0.3 is 0 Å². The summed E-state index contributed by atoms with van der Waals surface area (Å²) in [5, 5.41) is 1.99. The van der Waals surface area contributed by atoms with Crippen LogP contribution in [0, 0.1) is 0 Å². The highest BCUT2D eigenvalue weighted by Crippen LogP contribution is 2.36. The minimum absolute atomic E-state index is 0.0377. The molecule has 1 aromatic carbocycles. The van der Waals surface area contributed by atoms with Crippen molar-refractivity contribution in [1.82, 2.24) is 9.55 Å². The van der Waals surface area contributed by atoms with Crippen LogP contribution in [0.5, 0.6) is 11.5 Å². The van der Waals surface area contributed by atoms with Crippen LogP contribution in [0.2, 0.25) is 0 Å². The van der Waals surface area contributed by atoms with E-state index >= 15 is 0 Å². The molecule has 3 rings (SSSR count). The van der Waals surface area contributed by atoms with Crippen molar-refractivity contribution in [2.75, 3.05) is 13.2 Å². The maximum absolute atomic E-state index is 12.7. The van der Waals surface area contributed by atoms with Crippen LogP contribution in [0.4, 0.5) is 0 Å². The molecule has 0 aliphatic rings. The normalized spacial score (nSPS) is 11.0. The lowest BCUT2D eigenvalue weighted by Gasteiger charge is -2.12. The molecule has 0 amide bonds. The number of nitrogens with zero attached hydrogens (tertiary/aromatic N) is 2. The molecule has 0 saturated heterocycles. The summed E-state index contributed by atoms with van der Waals surface area (Å²) in [4.78, 5) is 17.2. The zero-order valence-electron chi connectivity index (χ0n) is 15.4. The Morgan fingerprint density at radius 1 is 1.12 bits per heavy atom. The third kappa shape index (κ3) is 3.60. The number of hydrogen-bond donors (Lipinski definition) is 0. The van der Waals surface area contributed by atoms with Gasteiger partial charge in [0, 0.05) is 17.5 Å². The van der Waals surface area contributed by atoms with E-state index in [9.17, 15) is 4.79 Å². The molecule has 5 nitrogen and oxygen atoms in total. The molecule has 3 aromatic rings. The molecule has 0 unspecified atom stereocenters. The lowest BCUT2D eigenvalue weighted by Crippen LogP contribution is -2.19. The van der Waals surface area contributed by atoms with E-state index in [1.165, 1.54) is 11.3 Å².